The number of nitrogens with zero attached hydrogens (tertiary/aromatic N) is 3. The first kappa shape index (κ1) is 24.4. The van der Waals surface area contributed by atoms with Crippen LogP contribution in [-0.2, 0) is 14.3 Å². The molecule has 1 fully saturated rings. The minimum absolute atomic E-state index is 0.266. The quantitative estimate of drug-likeness (QED) is 0.562. The van der Waals surface area contributed by atoms with Crippen molar-refractivity contribution in [3.05, 3.63) is 65.9 Å². The standard InChI is InChI=1S/C27H36N4O3/c1-19-8-6-15-29-26(19)31(23-9-7-14-28-18-23)20(2)21-10-12-22(13-11-21)24-25(33-17-16-32-5)27(3,4)34-30-24/h6,8,10-13,15,23,25,28H,2,7,9,14,16-18H2,1,3-5H3. The van der Waals surface area contributed by atoms with E-state index >= 15 is 0 Å². The lowest BCUT2D eigenvalue weighted by molar-refractivity contribution is -0.0809. The molecule has 4 rings (SSSR count). The molecule has 0 radical (unpaired) electrons. The summed E-state index contributed by atoms with van der Waals surface area (Å²) in [5.41, 5.74) is 4.38. The van der Waals surface area contributed by atoms with Gasteiger partial charge in [0.25, 0.3) is 0 Å². The lowest BCUT2D eigenvalue weighted by Gasteiger charge is -2.37. The number of benzene rings is 1. The summed E-state index contributed by atoms with van der Waals surface area (Å²) in [5, 5.41) is 7.89. The van der Waals surface area contributed by atoms with Gasteiger partial charge in [0.15, 0.2) is 5.60 Å². The third-order valence-corrected chi connectivity index (χ3v) is 6.48. The average Bonchev–Trinajstić information content (AvgIpc) is 3.15. The molecule has 0 saturated carbocycles. The highest BCUT2D eigenvalue weighted by molar-refractivity contribution is 6.05. The molecule has 2 unspecified atom stereocenters. The number of aryl methyl sites for hydroxylation is 1. The zero-order chi connectivity index (χ0) is 24.1. The maximum absolute atomic E-state index is 6.07. The normalized spacial score (nSPS) is 21.6. The van der Waals surface area contributed by atoms with Gasteiger partial charge in [-0.05, 0) is 57.4 Å². The molecule has 1 aromatic carbocycles. The Bertz CT molecular complexity index is 1010. The van der Waals surface area contributed by atoms with Crippen molar-refractivity contribution in [3.8, 4) is 0 Å². The maximum atomic E-state index is 6.07. The van der Waals surface area contributed by atoms with Crippen LogP contribution in [0, 0.1) is 6.92 Å². The lowest BCUT2D eigenvalue weighted by Crippen LogP contribution is -2.45. The molecule has 2 aliphatic heterocycles. The topological polar surface area (TPSA) is 68.2 Å². The van der Waals surface area contributed by atoms with Crippen LogP contribution in [0.2, 0.25) is 0 Å². The second-order valence-electron chi connectivity index (χ2n) is 9.45. The van der Waals surface area contributed by atoms with Crippen molar-refractivity contribution in [1.82, 2.24) is 10.3 Å². The van der Waals surface area contributed by atoms with Crippen LogP contribution in [0.25, 0.3) is 5.70 Å². The Morgan fingerprint density at radius 1 is 1.24 bits per heavy atom. The largest absolute Gasteiger partial charge is 0.386 e. The van der Waals surface area contributed by atoms with Crippen molar-refractivity contribution < 1.29 is 14.3 Å². The Morgan fingerprint density at radius 2 is 2.03 bits per heavy atom. The molecule has 182 valence electrons. The van der Waals surface area contributed by atoms with Gasteiger partial charge in [-0.2, -0.15) is 0 Å². The van der Waals surface area contributed by atoms with Gasteiger partial charge in [-0.15, -0.1) is 0 Å². The van der Waals surface area contributed by atoms with Crippen LogP contribution in [-0.4, -0.2) is 61.9 Å². The monoisotopic (exact) mass is 464 g/mol. The van der Waals surface area contributed by atoms with Gasteiger partial charge in [0.05, 0.1) is 13.2 Å². The smallest absolute Gasteiger partial charge is 0.163 e. The molecular weight excluding hydrogens is 428 g/mol. The molecule has 0 aliphatic carbocycles. The number of hydrogen-bond acceptors (Lipinski definition) is 7. The van der Waals surface area contributed by atoms with Crippen LogP contribution in [0.15, 0.2) is 54.3 Å². The minimum atomic E-state index is -0.535. The van der Waals surface area contributed by atoms with Crippen molar-refractivity contribution in [1.29, 1.82) is 0 Å². The van der Waals surface area contributed by atoms with E-state index in [1.165, 1.54) is 0 Å². The first-order valence-corrected chi connectivity index (χ1v) is 12.0. The number of oxime groups is 1. The Labute approximate surface area is 202 Å². The highest BCUT2D eigenvalue weighted by atomic mass is 16.7. The van der Waals surface area contributed by atoms with E-state index in [-0.39, 0.29) is 6.10 Å². The van der Waals surface area contributed by atoms with Crippen molar-refractivity contribution in [2.45, 2.75) is 51.4 Å². The van der Waals surface area contributed by atoms with Crippen LogP contribution >= 0.6 is 0 Å². The summed E-state index contributed by atoms with van der Waals surface area (Å²) in [6, 6.07) is 12.7. The van der Waals surface area contributed by atoms with Gasteiger partial charge < -0.3 is 24.5 Å². The molecule has 2 aromatic rings. The van der Waals surface area contributed by atoms with Gasteiger partial charge in [0.1, 0.15) is 17.6 Å². The summed E-state index contributed by atoms with van der Waals surface area (Å²) in [5.74, 6) is 0.965. The van der Waals surface area contributed by atoms with Gasteiger partial charge >= 0.3 is 0 Å². The van der Waals surface area contributed by atoms with E-state index < -0.39 is 5.60 Å². The fourth-order valence-corrected chi connectivity index (χ4v) is 4.60. The molecule has 7 nitrogen and oxygen atoms in total. The lowest BCUT2D eigenvalue weighted by atomic mass is 9.93. The number of rotatable bonds is 9. The molecule has 2 aliphatic rings. The predicted molar refractivity (Wildman–Crippen MR) is 136 cm³/mol. The van der Waals surface area contributed by atoms with Crippen molar-refractivity contribution in [2.24, 2.45) is 5.16 Å². The predicted octanol–water partition coefficient (Wildman–Crippen LogP) is 4.16. The summed E-state index contributed by atoms with van der Waals surface area (Å²) in [6.45, 7) is 13.6. The Balaban J connectivity index is 1.58. The molecule has 1 aromatic heterocycles. The van der Waals surface area contributed by atoms with E-state index in [0.29, 0.717) is 19.3 Å². The van der Waals surface area contributed by atoms with Crippen LogP contribution in [0.1, 0.15) is 43.4 Å². The molecule has 3 heterocycles. The highest BCUT2D eigenvalue weighted by Gasteiger charge is 2.42. The van der Waals surface area contributed by atoms with E-state index in [9.17, 15) is 0 Å². The van der Waals surface area contributed by atoms with Gasteiger partial charge in [-0.3, -0.25) is 0 Å². The molecule has 2 atom stereocenters. The Morgan fingerprint density at radius 3 is 2.71 bits per heavy atom. The van der Waals surface area contributed by atoms with Crippen LogP contribution in [0.5, 0.6) is 0 Å². The zero-order valence-electron chi connectivity index (χ0n) is 20.7. The third kappa shape index (κ3) is 5.17. The number of methoxy groups -OCH3 is 1. The average molecular weight is 465 g/mol. The van der Waals surface area contributed by atoms with E-state index in [1.807, 2.05) is 26.1 Å². The van der Waals surface area contributed by atoms with Crippen LogP contribution in [0.4, 0.5) is 5.82 Å². The minimum Gasteiger partial charge on any atom is -0.386 e. The number of nitrogens with one attached hydrogen (secondary N) is 1. The van der Waals surface area contributed by atoms with Gasteiger partial charge in [0.2, 0.25) is 0 Å². The number of hydrogen-bond donors (Lipinski definition) is 1. The molecule has 34 heavy (non-hydrogen) atoms. The highest BCUT2D eigenvalue weighted by Crippen LogP contribution is 2.32. The zero-order valence-corrected chi connectivity index (χ0v) is 20.7. The number of ether oxygens (including phenoxy) is 2. The van der Waals surface area contributed by atoms with Crippen LogP contribution in [0.3, 0.4) is 0 Å². The Hall–Kier alpha value is -2.74. The molecule has 0 bridgehead atoms. The molecular formula is C27H36N4O3. The first-order valence-electron chi connectivity index (χ1n) is 12.0. The molecule has 1 N–H and O–H groups in total. The summed E-state index contributed by atoms with van der Waals surface area (Å²) >= 11 is 0. The number of pyridine rings is 1. The number of anilines is 1. The first-order chi connectivity index (χ1) is 16.4. The number of aromatic nitrogens is 1. The van der Waals surface area contributed by atoms with Gasteiger partial charge in [-0.1, -0.05) is 42.1 Å². The summed E-state index contributed by atoms with van der Waals surface area (Å²) in [4.78, 5) is 12.7. The SMILES string of the molecule is C=C(c1ccc(C2=NOC(C)(C)C2OCCOC)cc1)N(c1ncccc1C)C1CCCNC1. The van der Waals surface area contributed by atoms with Gasteiger partial charge in [-0.25, -0.2) is 4.98 Å². The fraction of sp³-hybridized carbons (Fsp3) is 0.481. The van der Waals surface area contributed by atoms with Crippen LogP contribution < -0.4 is 10.2 Å². The summed E-state index contributed by atoms with van der Waals surface area (Å²) in [6.07, 6.45) is 3.83. The van der Waals surface area contributed by atoms with E-state index in [1.54, 1.807) is 7.11 Å². The Kier molecular flexibility index (Phi) is 7.66. The summed E-state index contributed by atoms with van der Waals surface area (Å²) < 4.78 is 11.2. The van der Waals surface area contributed by atoms with Crippen molar-refractivity contribution >= 4 is 17.2 Å². The maximum Gasteiger partial charge on any atom is 0.163 e. The van der Waals surface area contributed by atoms with Crippen molar-refractivity contribution in [2.75, 3.05) is 38.3 Å². The van der Waals surface area contributed by atoms with Gasteiger partial charge in [0, 0.05) is 37.2 Å². The fourth-order valence-electron chi connectivity index (χ4n) is 4.60. The summed E-state index contributed by atoms with van der Waals surface area (Å²) in [7, 11) is 1.67. The van der Waals surface area contributed by atoms with E-state index in [2.05, 4.69) is 59.2 Å². The number of piperidine rings is 1. The van der Waals surface area contributed by atoms with E-state index in [4.69, 9.17) is 19.3 Å². The second kappa shape index (κ2) is 10.7. The molecule has 0 amide bonds. The van der Waals surface area contributed by atoms with Crippen molar-refractivity contribution in [3.63, 3.8) is 0 Å². The molecule has 0 spiro atoms. The molecule has 7 heteroatoms. The third-order valence-electron chi connectivity index (χ3n) is 6.48. The second-order valence-corrected chi connectivity index (χ2v) is 9.45. The molecule has 1 saturated heterocycles. The van der Waals surface area contributed by atoms with E-state index in [0.717, 1.165) is 59.8 Å².